The highest BCUT2D eigenvalue weighted by atomic mass is 35.5. The number of benzene rings is 1. The average Bonchev–Trinajstić information content (AvgIpc) is 2.36. The number of nitrogens with one attached hydrogen (secondary N) is 2. The molecule has 0 saturated carbocycles. The molecule has 0 radical (unpaired) electrons. The normalized spacial score (nSPS) is 9.61. The molecule has 1 aromatic rings. The molecule has 0 aliphatic heterocycles. The minimum absolute atomic E-state index is 0.00452. The van der Waals surface area contributed by atoms with Gasteiger partial charge in [-0.1, -0.05) is 24.6 Å². The summed E-state index contributed by atoms with van der Waals surface area (Å²) in [7, 11) is 0. The van der Waals surface area contributed by atoms with Crippen LogP contribution in [0.15, 0.2) is 18.2 Å². The van der Waals surface area contributed by atoms with Crippen molar-refractivity contribution in [1.29, 1.82) is 5.26 Å². The van der Waals surface area contributed by atoms with Crippen molar-refractivity contribution in [2.45, 2.75) is 19.8 Å². The SMILES string of the molecule is CCCNC(=O)CCNc1cccc(Cl)c1C#N. The van der Waals surface area contributed by atoms with E-state index in [-0.39, 0.29) is 5.91 Å². The Balaban J connectivity index is 2.47. The van der Waals surface area contributed by atoms with E-state index in [0.29, 0.717) is 35.8 Å². The Labute approximate surface area is 112 Å². The second-order valence-electron chi connectivity index (χ2n) is 3.80. The molecule has 0 spiro atoms. The van der Waals surface area contributed by atoms with Gasteiger partial charge in [0, 0.05) is 19.5 Å². The van der Waals surface area contributed by atoms with Crippen molar-refractivity contribution in [2.75, 3.05) is 18.4 Å². The van der Waals surface area contributed by atoms with Crippen LogP contribution in [0.3, 0.4) is 0 Å². The summed E-state index contributed by atoms with van der Waals surface area (Å²) in [6.07, 6.45) is 1.30. The monoisotopic (exact) mass is 265 g/mol. The molecule has 1 aromatic carbocycles. The van der Waals surface area contributed by atoms with Crippen LogP contribution in [0.1, 0.15) is 25.3 Å². The lowest BCUT2D eigenvalue weighted by Gasteiger charge is -2.09. The van der Waals surface area contributed by atoms with Crippen LogP contribution < -0.4 is 10.6 Å². The largest absolute Gasteiger partial charge is 0.383 e. The number of halogens is 1. The summed E-state index contributed by atoms with van der Waals surface area (Å²) in [4.78, 5) is 11.4. The predicted octanol–water partition coefficient (Wildman–Crippen LogP) is 2.54. The fourth-order valence-corrected chi connectivity index (χ4v) is 1.67. The third kappa shape index (κ3) is 4.27. The van der Waals surface area contributed by atoms with Crippen LogP contribution in [-0.4, -0.2) is 19.0 Å². The molecule has 1 rings (SSSR count). The summed E-state index contributed by atoms with van der Waals surface area (Å²) in [5, 5.41) is 15.2. The Kier molecular flexibility index (Phi) is 6.03. The lowest BCUT2D eigenvalue weighted by atomic mass is 10.2. The second kappa shape index (κ2) is 7.57. The molecule has 0 saturated heterocycles. The molecule has 0 bridgehead atoms. The molecule has 0 aliphatic carbocycles. The molecule has 0 heterocycles. The highest BCUT2D eigenvalue weighted by molar-refractivity contribution is 6.32. The molecule has 4 nitrogen and oxygen atoms in total. The van der Waals surface area contributed by atoms with E-state index >= 15 is 0 Å². The topological polar surface area (TPSA) is 64.9 Å². The number of hydrogen-bond donors (Lipinski definition) is 2. The zero-order chi connectivity index (χ0) is 13.4. The van der Waals surface area contributed by atoms with Crippen LogP contribution in [-0.2, 0) is 4.79 Å². The highest BCUT2D eigenvalue weighted by Crippen LogP contribution is 2.22. The molecule has 0 atom stereocenters. The van der Waals surface area contributed by atoms with Crippen molar-refractivity contribution >= 4 is 23.2 Å². The van der Waals surface area contributed by atoms with Crippen LogP contribution in [0.5, 0.6) is 0 Å². The fourth-order valence-electron chi connectivity index (χ4n) is 1.45. The molecule has 2 N–H and O–H groups in total. The molecule has 0 unspecified atom stereocenters. The van der Waals surface area contributed by atoms with Crippen molar-refractivity contribution in [2.24, 2.45) is 0 Å². The maximum Gasteiger partial charge on any atom is 0.221 e. The molecule has 96 valence electrons. The second-order valence-corrected chi connectivity index (χ2v) is 4.21. The summed E-state index contributed by atoms with van der Waals surface area (Å²) in [5.74, 6) is 0.00452. The number of carbonyl (C=O) groups is 1. The lowest BCUT2D eigenvalue weighted by Crippen LogP contribution is -2.25. The standard InChI is InChI=1S/C13H16ClN3O/c1-2-7-17-13(18)6-8-16-12-5-3-4-11(14)10(12)9-15/h3-5,16H,2,6-8H2,1H3,(H,17,18). The van der Waals surface area contributed by atoms with Gasteiger partial charge in [-0.3, -0.25) is 4.79 Å². The Hall–Kier alpha value is -1.73. The molecule has 1 amide bonds. The van der Waals surface area contributed by atoms with E-state index in [1.165, 1.54) is 0 Å². The Morgan fingerprint density at radius 2 is 2.22 bits per heavy atom. The highest BCUT2D eigenvalue weighted by Gasteiger charge is 2.06. The van der Waals surface area contributed by atoms with E-state index in [0.717, 1.165) is 6.42 Å². The van der Waals surface area contributed by atoms with Gasteiger partial charge in [-0.15, -0.1) is 0 Å². The fraction of sp³-hybridized carbons (Fsp3) is 0.385. The van der Waals surface area contributed by atoms with Gasteiger partial charge in [0.25, 0.3) is 0 Å². The van der Waals surface area contributed by atoms with E-state index in [1.54, 1.807) is 18.2 Å². The van der Waals surface area contributed by atoms with Crippen LogP contribution in [0.4, 0.5) is 5.69 Å². The van der Waals surface area contributed by atoms with Crippen molar-refractivity contribution in [3.05, 3.63) is 28.8 Å². The van der Waals surface area contributed by atoms with Crippen LogP contribution in [0, 0.1) is 11.3 Å². The van der Waals surface area contributed by atoms with Crippen molar-refractivity contribution in [1.82, 2.24) is 5.32 Å². The van der Waals surface area contributed by atoms with Gasteiger partial charge in [0.05, 0.1) is 16.3 Å². The van der Waals surface area contributed by atoms with Gasteiger partial charge in [0.2, 0.25) is 5.91 Å². The summed E-state index contributed by atoms with van der Waals surface area (Å²) >= 11 is 5.90. The average molecular weight is 266 g/mol. The molecular formula is C13H16ClN3O. The van der Waals surface area contributed by atoms with Gasteiger partial charge in [-0.2, -0.15) is 5.26 Å². The quantitative estimate of drug-likeness (QED) is 0.831. The zero-order valence-electron chi connectivity index (χ0n) is 10.3. The molecule has 18 heavy (non-hydrogen) atoms. The number of nitriles is 1. The first-order valence-corrected chi connectivity index (χ1v) is 6.26. The van der Waals surface area contributed by atoms with Crippen molar-refractivity contribution < 1.29 is 4.79 Å². The van der Waals surface area contributed by atoms with Crippen LogP contribution >= 0.6 is 11.6 Å². The first-order chi connectivity index (χ1) is 8.69. The lowest BCUT2D eigenvalue weighted by molar-refractivity contribution is -0.120. The van der Waals surface area contributed by atoms with Crippen LogP contribution in [0.2, 0.25) is 5.02 Å². The van der Waals surface area contributed by atoms with E-state index in [1.807, 2.05) is 13.0 Å². The summed E-state index contributed by atoms with van der Waals surface area (Å²) in [6.45, 7) is 3.17. The van der Waals surface area contributed by atoms with Crippen LogP contribution in [0.25, 0.3) is 0 Å². The molecule has 0 aliphatic rings. The van der Waals surface area contributed by atoms with E-state index < -0.39 is 0 Å². The smallest absolute Gasteiger partial charge is 0.221 e. The van der Waals surface area contributed by atoms with Gasteiger partial charge in [-0.25, -0.2) is 0 Å². The number of nitrogens with zero attached hydrogens (tertiary/aromatic N) is 1. The third-order valence-corrected chi connectivity index (χ3v) is 2.68. The van der Waals surface area contributed by atoms with Gasteiger partial charge in [-0.05, 0) is 18.6 Å². The molecule has 0 fully saturated rings. The van der Waals surface area contributed by atoms with Gasteiger partial charge in [0.15, 0.2) is 0 Å². The van der Waals surface area contributed by atoms with Gasteiger partial charge >= 0.3 is 0 Å². The number of carbonyl (C=O) groups excluding carboxylic acids is 1. The van der Waals surface area contributed by atoms with E-state index in [9.17, 15) is 4.79 Å². The van der Waals surface area contributed by atoms with Gasteiger partial charge < -0.3 is 10.6 Å². The van der Waals surface area contributed by atoms with Gasteiger partial charge in [0.1, 0.15) is 6.07 Å². The summed E-state index contributed by atoms with van der Waals surface area (Å²) in [5.41, 5.74) is 1.07. The molecule has 0 aromatic heterocycles. The Morgan fingerprint density at radius 3 is 2.89 bits per heavy atom. The summed E-state index contributed by atoms with van der Waals surface area (Å²) < 4.78 is 0. The van der Waals surface area contributed by atoms with E-state index in [4.69, 9.17) is 16.9 Å². The minimum atomic E-state index is 0.00452. The Morgan fingerprint density at radius 1 is 1.44 bits per heavy atom. The number of amides is 1. The number of rotatable bonds is 6. The zero-order valence-corrected chi connectivity index (χ0v) is 11.0. The molecular weight excluding hydrogens is 250 g/mol. The minimum Gasteiger partial charge on any atom is -0.383 e. The number of hydrogen-bond acceptors (Lipinski definition) is 3. The number of anilines is 1. The maximum atomic E-state index is 11.4. The first kappa shape index (κ1) is 14.3. The molecule has 5 heteroatoms. The Bertz CT molecular complexity index is 454. The van der Waals surface area contributed by atoms with Crippen molar-refractivity contribution in [3.63, 3.8) is 0 Å². The summed E-state index contributed by atoms with van der Waals surface area (Å²) in [6, 6.07) is 7.25. The van der Waals surface area contributed by atoms with E-state index in [2.05, 4.69) is 10.6 Å². The maximum absolute atomic E-state index is 11.4. The third-order valence-electron chi connectivity index (χ3n) is 2.37. The first-order valence-electron chi connectivity index (χ1n) is 5.88. The van der Waals surface area contributed by atoms with Crippen molar-refractivity contribution in [3.8, 4) is 6.07 Å². The predicted molar refractivity (Wildman–Crippen MR) is 72.6 cm³/mol.